The Morgan fingerprint density at radius 3 is 1.39 bits per heavy atom. The van der Waals surface area contributed by atoms with Gasteiger partial charge in [0.05, 0.1) is 5.69 Å². The van der Waals surface area contributed by atoms with Crippen LogP contribution in [0.15, 0.2) is 91.2 Å². The Bertz CT molecular complexity index is 899. The number of benzene rings is 2. The standard InChI is InChI=1S/C27H25N/c1-22-11-15-24(16-12-22)7-3-4-9-26-19-20-27(28-21-26)10-6-5-8-25-17-13-23(2)14-18-25/h3-21H,1-2H3/b7-3+,8-5+,9-4+,10-6+. The molecular weight excluding hydrogens is 338 g/mol. The molecule has 1 nitrogen and oxygen atoms in total. The summed E-state index contributed by atoms with van der Waals surface area (Å²) in [6, 6.07) is 21.1. The van der Waals surface area contributed by atoms with Crippen molar-refractivity contribution in [1.29, 1.82) is 0 Å². The molecule has 3 rings (SSSR count). The highest BCUT2D eigenvalue weighted by Gasteiger charge is 1.90. The van der Waals surface area contributed by atoms with E-state index in [1.165, 1.54) is 22.3 Å². The molecule has 0 spiro atoms. The van der Waals surface area contributed by atoms with Crippen LogP contribution in [0.25, 0.3) is 24.3 Å². The van der Waals surface area contributed by atoms with Gasteiger partial charge in [0, 0.05) is 6.20 Å². The maximum absolute atomic E-state index is 4.49. The molecule has 0 amide bonds. The molecule has 0 aliphatic rings. The smallest absolute Gasteiger partial charge is 0.0630 e. The van der Waals surface area contributed by atoms with E-state index in [2.05, 4.69) is 91.7 Å². The number of aryl methyl sites for hydroxylation is 2. The Hall–Kier alpha value is -3.45. The number of pyridine rings is 1. The fourth-order valence-electron chi connectivity index (χ4n) is 2.62. The summed E-state index contributed by atoms with van der Waals surface area (Å²) in [7, 11) is 0. The van der Waals surface area contributed by atoms with Crippen LogP contribution in [-0.2, 0) is 0 Å². The third kappa shape index (κ3) is 6.37. The second-order valence-corrected chi connectivity index (χ2v) is 6.77. The van der Waals surface area contributed by atoms with E-state index in [-0.39, 0.29) is 0 Å². The van der Waals surface area contributed by atoms with Crippen molar-refractivity contribution in [3.8, 4) is 0 Å². The maximum atomic E-state index is 4.49. The van der Waals surface area contributed by atoms with Crippen LogP contribution >= 0.6 is 0 Å². The average Bonchev–Trinajstić information content (AvgIpc) is 2.72. The Labute approximate surface area is 168 Å². The molecule has 0 N–H and O–H groups in total. The first-order valence-electron chi connectivity index (χ1n) is 9.48. The summed E-state index contributed by atoms with van der Waals surface area (Å²) in [5, 5.41) is 0. The van der Waals surface area contributed by atoms with E-state index >= 15 is 0 Å². The summed E-state index contributed by atoms with van der Waals surface area (Å²) in [5.41, 5.74) is 6.98. The molecule has 2 aromatic carbocycles. The largest absolute Gasteiger partial charge is 0.256 e. The summed E-state index contributed by atoms with van der Waals surface area (Å²) in [6.07, 6.45) is 18.3. The highest BCUT2D eigenvalue weighted by molar-refractivity contribution is 5.59. The number of aromatic nitrogens is 1. The topological polar surface area (TPSA) is 12.9 Å². The average molecular weight is 364 g/mol. The summed E-state index contributed by atoms with van der Waals surface area (Å²) >= 11 is 0. The van der Waals surface area contributed by atoms with Crippen LogP contribution in [0.3, 0.4) is 0 Å². The second kappa shape index (κ2) is 10.0. The first kappa shape index (κ1) is 19.3. The third-order valence-electron chi connectivity index (χ3n) is 4.32. The SMILES string of the molecule is Cc1ccc(/C=C/C=C/c2ccc(/C=C/C=C/c3ccc(C)cc3)nc2)cc1. The van der Waals surface area contributed by atoms with Gasteiger partial charge in [-0.2, -0.15) is 0 Å². The van der Waals surface area contributed by atoms with Gasteiger partial charge in [-0.3, -0.25) is 4.98 Å². The zero-order chi connectivity index (χ0) is 19.6. The highest BCUT2D eigenvalue weighted by atomic mass is 14.7. The molecular formula is C27H25N. The van der Waals surface area contributed by atoms with E-state index in [1.54, 1.807) is 0 Å². The van der Waals surface area contributed by atoms with E-state index in [1.807, 2.05) is 42.6 Å². The van der Waals surface area contributed by atoms with Gasteiger partial charge < -0.3 is 0 Å². The van der Waals surface area contributed by atoms with E-state index in [9.17, 15) is 0 Å². The monoisotopic (exact) mass is 363 g/mol. The molecule has 0 radical (unpaired) electrons. The lowest BCUT2D eigenvalue weighted by Gasteiger charge is -1.95. The van der Waals surface area contributed by atoms with Crippen molar-refractivity contribution in [2.45, 2.75) is 13.8 Å². The first-order valence-corrected chi connectivity index (χ1v) is 9.48. The fraction of sp³-hybridized carbons (Fsp3) is 0.0741. The lowest BCUT2D eigenvalue weighted by molar-refractivity contribution is 1.28. The third-order valence-corrected chi connectivity index (χ3v) is 4.32. The fourth-order valence-corrected chi connectivity index (χ4v) is 2.62. The molecule has 1 heterocycles. The van der Waals surface area contributed by atoms with Crippen LogP contribution in [-0.4, -0.2) is 4.98 Å². The summed E-state index contributed by atoms with van der Waals surface area (Å²) < 4.78 is 0. The van der Waals surface area contributed by atoms with Crippen molar-refractivity contribution >= 4 is 24.3 Å². The molecule has 0 aliphatic carbocycles. The zero-order valence-electron chi connectivity index (χ0n) is 16.4. The zero-order valence-corrected chi connectivity index (χ0v) is 16.4. The number of nitrogens with zero attached hydrogens (tertiary/aromatic N) is 1. The molecule has 0 saturated carbocycles. The van der Waals surface area contributed by atoms with Crippen molar-refractivity contribution in [1.82, 2.24) is 4.98 Å². The normalized spacial score (nSPS) is 12.1. The minimum atomic E-state index is 0.945. The molecule has 1 heteroatoms. The second-order valence-electron chi connectivity index (χ2n) is 6.77. The van der Waals surface area contributed by atoms with Crippen molar-refractivity contribution in [3.63, 3.8) is 0 Å². The summed E-state index contributed by atoms with van der Waals surface area (Å²) in [5.74, 6) is 0. The van der Waals surface area contributed by atoms with Gasteiger partial charge in [-0.05, 0) is 42.7 Å². The minimum Gasteiger partial charge on any atom is -0.256 e. The molecule has 0 fully saturated rings. The van der Waals surface area contributed by atoms with Crippen LogP contribution < -0.4 is 0 Å². The Kier molecular flexibility index (Phi) is 6.92. The number of hydrogen-bond acceptors (Lipinski definition) is 1. The van der Waals surface area contributed by atoms with Crippen LogP contribution in [0.5, 0.6) is 0 Å². The minimum absolute atomic E-state index is 0.945. The Morgan fingerprint density at radius 2 is 0.929 bits per heavy atom. The van der Waals surface area contributed by atoms with Gasteiger partial charge in [0.25, 0.3) is 0 Å². The maximum Gasteiger partial charge on any atom is 0.0630 e. The van der Waals surface area contributed by atoms with E-state index in [0.717, 1.165) is 11.3 Å². The Balaban J connectivity index is 1.52. The summed E-state index contributed by atoms with van der Waals surface area (Å²) in [6.45, 7) is 4.19. The first-order chi connectivity index (χ1) is 13.7. The van der Waals surface area contributed by atoms with Gasteiger partial charge >= 0.3 is 0 Å². The number of rotatable bonds is 6. The number of hydrogen-bond donors (Lipinski definition) is 0. The molecule has 0 bridgehead atoms. The van der Waals surface area contributed by atoms with Crippen molar-refractivity contribution in [2.24, 2.45) is 0 Å². The van der Waals surface area contributed by atoms with Crippen molar-refractivity contribution < 1.29 is 0 Å². The van der Waals surface area contributed by atoms with Crippen LogP contribution in [0.1, 0.15) is 33.5 Å². The number of allylic oxidation sites excluding steroid dienone is 4. The van der Waals surface area contributed by atoms with Gasteiger partial charge in [0.2, 0.25) is 0 Å². The van der Waals surface area contributed by atoms with Crippen LogP contribution in [0.4, 0.5) is 0 Å². The summed E-state index contributed by atoms with van der Waals surface area (Å²) in [4.78, 5) is 4.49. The van der Waals surface area contributed by atoms with Crippen molar-refractivity contribution in [3.05, 3.63) is 125 Å². The van der Waals surface area contributed by atoms with Gasteiger partial charge in [0.15, 0.2) is 0 Å². The van der Waals surface area contributed by atoms with Gasteiger partial charge in [-0.1, -0.05) is 108 Å². The lowest BCUT2D eigenvalue weighted by atomic mass is 10.1. The van der Waals surface area contributed by atoms with Crippen LogP contribution in [0, 0.1) is 13.8 Å². The van der Waals surface area contributed by atoms with E-state index in [4.69, 9.17) is 0 Å². The quantitative estimate of drug-likeness (QED) is 0.424. The predicted octanol–water partition coefficient (Wildman–Crippen LogP) is 7.15. The van der Waals surface area contributed by atoms with Gasteiger partial charge in [-0.25, -0.2) is 0 Å². The molecule has 138 valence electrons. The molecule has 0 saturated heterocycles. The lowest BCUT2D eigenvalue weighted by Crippen LogP contribution is -1.80. The predicted molar refractivity (Wildman–Crippen MR) is 123 cm³/mol. The molecule has 0 atom stereocenters. The van der Waals surface area contributed by atoms with Gasteiger partial charge in [0.1, 0.15) is 0 Å². The molecule has 0 unspecified atom stereocenters. The van der Waals surface area contributed by atoms with Crippen molar-refractivity contribution in [2.75, 3.05) is 0 Å². The van der Waals surface area contributed by atoms with E-state index in [0.29, 0.717) is 0 Å². The van der Waals surface area contributed by atoms with Crippen LogP contribution in [0.2, 0.25) is 0 Å². The molecule has 0 aliphatic heterocycles. The molecule has 3 aromatic rings. The molecule has 1 aromatic heterocycles. The van der Waals surface area contributed by atoms with Gasteiger partial charge in [-0.15, -0.1) is 0 Å². The highest BCUT2D eigenvalue weighted by Crippen LogP contribution is 2.08. The Morgan fingerprint density at radius 1 is 0.500 bits per heavy atom. The molecule has 28 heavy (non-hydrogen) atoms. The van der Waals surface area contributed by atoms with E-state index < -0.39 is 0 Å².